The lowest BCUT2D eigenvalue weighted by Gasteiger charge is -2.22. The van der Waals surface area contributed by atoms with E-state index in [-0.39, 0.29) is 8.96 Å². The maximum atomic E-state index is 3.48. The summed E-state index contributed by atoms with van der Waals surface area (Å²) in [6, 6.07) is 17.3. The molecule has 0 fully saturated rings. The molecule has 111 valence electrons. The number of rotatable bonds is 1. The predicted molar refractivity (Wildman–Crippen MR) is 95.1 cm³/mol. The highest BCUT2D eigenvalue weighted by Crippen LogP contribution is 2.35. The molecule has 1 N–H and O–H groups in total. The molecule has 0 saturated heterocycles. The average molecular weight is 297 g/mol. The molecule has 0 bridgehead atoms. The lowest BCUT2D eigenvalue weighted by molar-refractivity contribution is 0.519. The Morgan fingerprint density at radius 2 is 1.24 bits per heavy atom. The van der Waals surface area contributed by atoms with Gasteiger partial charge in [0.25, 0.3) is 0 Å². The third-order valence-corrected chi connectivity index (χ3v) is 4.58. The number of hydrogen-bond acceptors (Lipinski definition) is 1. The Hall–Kier alpha value is -1.38. The molecule has 3 rings (SSSR count). The van der Waals surface area contributed by atoms with Gasteiger partial charge in [-0.05, 0) is 49.4 Å². The second kappa shape index (κ2) is 6.59. The first-order valence-electron chi connectivity index (χ1n) is 7.61. The van der Waals surface area contributed by atoms with Crippen molar-refractivity contribution in [3.05, 3.63) is 59.7 Å². The highest BCUT2D eigenvalue weighted by atomic mass is 28.3. The number of hydrogen-bond donors (Lipinski definition) is 1. The molecule has 0 atom stereocenters. The van der Waals surface area contributed by atoms with Crippen LogP contribution in [-0.4, -0.2) is 14.5 Å². The SMILES string of the molecule is C[Si](C)NC(C)(C)C.c1ccc2c(c1)Cc1ccccc1-2. The molecule has 0 saturated carbocycles. The van der Waals surface area contributed by atoms with E-state index >= 15 is 0 Å². The molecule has 0 spiro atoms. The van der Waals surface area contributed by atoms with Crippen LogP contribution in [0.2, 0.25) is 13.1 Å². The maximum absolute atomic E-state index is 3.48. The van der Waals surface area contributed by atoms with Crippen molar-refractivity contribution in [2.75, 3.05) is 0 Å². The zero-order chi connectivity index (χ0) is 15.5. The van der Waals surface area contributed by atoms with Crippen LogP contribution in [-0.2, 0) is 6.42 Å². The van der Waals surface area contributed by atoms with Gasteiger partial charge in [0.05, 0.1) is 0 Å². The van der Waals surface area contributed by atoms with E-state index < -0.39 is 0 Å². The molecule has 2 aromatic rings. The molecular weight excluding hydrogens is 270 g/mol. The van der Waals surface area contributed by atoms with Crippen molar-refractivity contribution in [1.29, 1.82) is 0 Å². The normalized spacial score (nSPS) is 12.5. The minimum absolute atomic E-state index is 0.242. The zero-order valence-corrected chi connectivity index (χ0v) is 14.8. The van der Waals surface area contributed by atoms with Crippen molar-refractivity contribution in [1.82, 2.24) is 4.98 Å². The topological polar surface area (TPSA) is 12.0 Å². The van der Waals surface area contributed by atoms with Crippen LogP contribution < -0.4 is 4.98 Å². The van der Waals surface area contributed by atoms with Crippen LogP contribution in [0.1, 0.15) is 31.9 Å². The molecule has 0 amide bonds. The summed E-state index contributed by atoms with van der Waals surface area (Å²) in [6.07, 6.45) is 1.10. The van der Waals surface area contributed by atoms with E-state index in [9.17, 15) is 0 Å². The van der Waals surface area contributed by atoms with Gasteiger partial charge in [-0.2, -0.15) is 0 Å². The van der Waals surface area contributed by atoms with Crippen molar-refractivity contribution in [2.45, 2.75) is 45.8 Å². The second-order valence-corrected chi connectivity index (χ2v) is 9.12. The molecular formula is C19H26NSi. The highest BCUT2D eigenvalue weighted by Gasteiger charge is 2.15. The van der Waals surface area contributed by atoms with E-state index in [0.29, 0.717) is 5.54 Å². The molecule has 0 heterocycles. The average Bonchev–Trinajstić information content (AvgIpc) is 2.75. The summed E-state index contributed by atoms with van der Waals surface area (Å²) in [5.74, 6) is 0. The fourth-order valence-corrected chi connectivity index (χ4v) is 4.33. The smallest absolute Gasteiger partial charge is 0.127 e. The summed E-state index contributed by atoms with van der Waals surface area (Å²) in [5, 5.41) is 0. The second-order valence-electron chi connectivity index (χ2n) is 6.87. The minimum Gasteiger partial charge on any atom is -0.334 e. The van der Waals surface area contributed by atoms with Crippen molar-refractivity contribution >= 4 is 8.96 Å². The van der Waals surface area contributed by atoms with Crippen molar-refractivity contribution < 1.29 is 0 Å². The fourth-order valence-electron chi connectivity index (χ4n) is 2.83. The van der Waals surface area contributed by atoms with Gasteiger partial charge < -0.3 is 4.98 Å². The number of fused-ring (bicyclic) bond motifs is 3. The first-order chi connectivity index (χ1) is 9.87. The summed E-state index contributed by atoms with van der Waals surface area (Å²) in [6.45, 7) is 11.1. The Kier molecular flexibility index (Phi) is 5.02. The third kappa shape index (κ3) is 4.55. The first-order valence-corrected chi connectivity index (χ1v) is 10.1. The highest BCUT2D eigenvalue weighted by molar-refractivity contribution is 6.53. The Bertz CT molecular complexity index is 553. The molecule has 21 heavy (non-hydrogen) atoms. The Morgan fingerprint density at radius 3 is 1.57 bits per heavy atom. The molecule has 2 heteroatoms. The summed E-state index contributed by atoms with van der Waals surface area (Å²) in [5.41, 5.74) is 6.07. The largest absolute Gasteiger partial charge is 0.334 e. The van der Waals surface area contributed by atoms with Crippen LogP contribution in [0.3, 0.4) is 0 Å². The molecule has 1 aliphatic carbocycles. The Balaban J connectivity index is 0.000000177. The van der Waals surface area contributed by atoms with Crippen molar-refractivity contribution in [3.8, 4) is 11.1 Å². The fraction of sp³-hybridized carbons (Fsp3) is 0.368. The van der Waals surface area contributed by atoms with E-state index in [2.05, 4.69) is 87.4 Å². The molecule has 0 aromatic heterocycles. The lowest BCUT2D eigenvalue weighted by Crippen LogP contribution is -2.43. The molecule has 0 unspecified atom stereocenters. The number of benzene rings is 2. The van der Waals surface area contributed by atoms with Crippen molar-refractivity contribution in [3.63, 3.8) is 0 Å². The van der Waals surface area contributed by atoms with Crippen LogP contribution in [0.15, 0.2) is 48.5 Å². The van der Waals surface area contributed by atoms with Gasteiger partial charge in [-0.1, -0.05) is 61.6 Å². The molecule has 1 radical (unpaired) electrons. The summed E-state index contributed by atoms with van der Waals surface area (Å²) >= 11 is 0. The quantitative estimate of drug-likeness (QED) is 0.631. The van der Waals surface area contributed by atoms with Crippen LogP contribution in [0.25, 0.3) is 11.1 Å². The van der Waals surface area contributed by atoms with Gasteiger partial charge in [0.2, 0.25) is 0 Å². The monoisotopic (exact) mass is 296 g/mol. The maximum Gasteiger partial charge on any atom is 0.127 e. The van der Waals surface area contributed by atoms with Gasteiger partial charge >= 0.3 is 0 Å². The Labute approximate surface area is 131 Å². The van der Waals surface area contributed by atoms with E-state index in [1.807, 2.05) is 0 Å². The van der Waals surface area contributed by atoms with E-state index in [0.717, 1.165) is 6.42 Å². The van der Waals surface area contributed by atoms with Crippen LogP contribution in [0, 0.1) is 0 Å². The van der Waals surface area contributed by atoms with E-state index in [4.69, 9.17) is 0 Å². The summed E-state index contributed by atoms with van der Waals surface area (Å²) in [4.78, 5) is 3.48. The van der Waals surface area contributed by atoms with Crippen LogP contribution in [0.4, 0.5) is 0 Å². The molecule has 0 aliphatic heterocycles. The van der Waals surface area contributed by atoms with Gasteiger partial charge in [0.15, 0.2) is 0 Å². The third-order valence-electron chi connectivity index (χ3n) is 3.33. The summed E-state index contributed by atoms with van der Waals surface area (Å²) < 4.78 is 0. The first kappa shape index (κ1) is 16.0. The zero-order valence-electron chi connectivity index (χ0n) is 13.8. The van der Waals surface area contributed by atoms with Crippen LogP contribution >= 0.6 is 0 Å². The van der Waals surface area contributed by atoms with E-state index in [1.165, 1.54) is 22.3 Å². The lowest BCUT2D eigenvalue weighted by atomic mass is 10.1. The van der Waals surface area contributed by atoms with Gasteiger partial charge in [-0.3, -0.25) is 0 Å². The molecule has 1 nitrogen and oxygen atoms in total. The van der Waals surface area contributed by atoms with E-state index in [1.54, 1.807) is 0 Å². The predicted octanol–water partition coefficient (Wildman–Crippen LogP) is 4.88. The standard InChI is InChI=1S/C13H10.C6H16NSi/c1-3-7-12-10(5-1)9-11-6-2-4-8-13(11)12;1-6(2,3)7-8(4)5/h1-8H,9H2;7H,1-5H3. The summed E-state index contributed by atoms with van der Waals surface area (Å²) in [7, 11) is -0.242. The van der Waals surface area contributed by atoms with Gasteiger partial charge in [0.1, 0.15) is 8.96 Å². The number of nitrogens with one attached hydrogen (secondary N) is 1. The minimum atomic E-state index is -0.242. The Morgan fingerprint density at radius 1 is 0.810 bits per heavy atom. The van der Waals surface area contributed by atoms with Gasteiger partial charge in [0, 0.05) is 5.54 Å². The van der Waals surface area contributed by atoms with Gasteiger partial charge in [-0.15, -0.1) is 0 Å². The van der Waals surface area contributed by atoms with Gasteiger partial charge in [-0.25, -0.2) is 0 Å². The molecule has 1 aliphatic rings. The molecule has 2 aromatic carbocycles. The van der Waals surface area contributed by atoms with Crippen LogP contribution in [0.5, 0.6) is 0 Å². The van der Waals surface area contributed by atoms with Crippen molar-refractivity contribution in [2.24, 2.45) is 0 Å².